The van der Waals surface area contributed by atoms with E-state index >= 15 is 0 Å². The Labute approximate surface area is 169 Å². The lowest BCUT2D eigenvalue weighted by atomic mass is 10.1. The molecule has 2 N–H and O–H groups in total. The Morgan fingerprint density at radius 2 is 1.18 bits per heavy atom. The minimum absolute atomic E-state index is 0.458. The SMILES string of the molecule is CCC(C)COCCOCCOCCOCCOCCOc1ccccc1N. The van der Waals surface area contributed by atoms with Crippen LogP contribution in [0.5, 0.6) is 5.75 Å². The van der Waals surface area contributed by atoms with Crippen LogP contribution in [0, 0.1) is 5.92 Å². The quantitative estimate of drug-likeness (QED) is 0.283. The summed E-state index contributed by atoms with van der Waals surface area (Å²) in [5.41, 5.74) is 6.42. The molecular formula is C21H37NO6. The van der Waals surface area contributed by atoms with Gasteiger partial charge in [-0.3, -0.25) is 0 Å². The Balaban J connectivity index is 1.74. The van der Waals surface area contributed by atoms with Crippen LogP contribution in [0.4, 0.5) is 5.69 Å². The van der Waals surface area contributed by atoms with Crippen molar-refractivity contribution >= 4 is 5.69 Å². The molecule has 0 saturated heterocycles. The van der Waals surface area contributed by atoms with Gasteiger partial charge < -0.3 is 34.2 Å². The van der Waals surface area contributed by atoms with Crippen molar-refractivity contribution in [3.63, 3.8) is 0 Å². The highest BCUT2D eigenvalue weighted by molar-refractivity contribution is 5.51. The molecule has 0 heterocycles. The number of nitrogens with two attached hydrogens (primary N) is 1. The first-order valence-corrected chi connectivity index (χ1v) is 10.1. The molecule has 7 nitrogen and oxygen atoms in total. The van der Waals surface area contributed by atoms with Crippen molar-refractivity contribution in [2.75, 3.05) is 78.4 Å². The topological polar surface area (TPSA) is 81.4 Å². The normalized spacial score (nSPS) is 12.2. The molecule has 1 atom stereocenters. The number of nitrogen functional groups attached to an aromatic ring is 1. The zero-order valence-electron chi connectivity index (χ0n) is 17.4. The lowest BCUT2D eigenvalue weighted by Gasteiger charge is -2.10. The third-order valence-corrected chi connectivity index (χ3v) is 3.99. The van der Waals surface area contributed by atoms with Gasteiger partial charge in [-0.15, -0.1) is 0 Å². The minimum Gasteiger partial charge on any atom is -0.489 e. The highest BCUT2D eigenvalue weighted by Crippen LogP contribution is 2.19. The van der Waals surface area contributed by atoms with E-state index in [1.165, 1.54) is 0 Å². The van der Waals surface area contributed by atoms with Gasteiger partial charge in [0.25, 0.3) is 0 Å². The summed E-state index contributed by atoms with van der Waals surface area (Å²) >= 11 is 0. The van der Waals surface area contributed by atoms with Crippen molar-refractivity contribution in [2.24, 2.45) is 5.92 Å². The number of hydrogen-bond acceptors (Lipinski definition) is 7. The second-order valence-corrected chi connectivity index (χ2v) is 6.42. The number of benzene rings is 1. The van der Waals surface area contributed by atoms with Crippen molar-refractivity contribution in [2.45, 2.75) is 20.3 Å². The Morgan fingerprint density at radius 1 is 0.714 bits per heavy atom. The van der Waals surface area contributed by atoms with Gasteiger partial charge in [-0.1, -0.05) is 32.4 Å². The lowest BCUT2D eigenvalue weighted by Crippen LogP contribution is -2.15. The van der Waals surface area contributed by atoms with Gasteiger partial charge in [-0.2, -0.15) is 0 Å². The summed E-state index contributed by atoms with van der Waals surface area (Å²) in [6.45, 7) is 10.6. The van der Waals surface area contributed by atoms with E-state index in [1.54, 1.807) is 0 Å². The number of ether oxygens (including phenoxy) is 6. The standard InChI is InChI=1S/C21H37NO6/c1-3-19(2)18-27-15-14-25-11-10-23-8-9-24-12-13-26-16-17-28-21-7-5-4-6-20(21)22/h4-7,19H,3,8-18,22H2,1-2H3. The summed E-state index contributed by atoms with van der Waals surface area (Å²) in [7, 11) is 0. The summed E-state index contributed by atoms with van der Waals surface area (Å²) in [6.07, 6.45) is 1.14. The average molecular weight is 400 g/mol. The number of rotatable bonds is 19. The molecule has 7 heteroatoms. The first kappa shape index (κ1) is 24.7. The average Bonchev–Trinajstić information content (AvgIpc) is 2.71. The third kappa shape index (κ3) is 13.7. The maximum Gasteiger partial charge on any atom is 0.142 e. The molecular weight excluding hydrogens is 362 g/mol. The van der Waals surface area contributed by atoms with Crippen molar-refractivity contribution in [1.29, 1.82) is 0 Å². The van der Waals surface area contributed by atoms with E-state index in [0.717, 1.165) is 13.0 Å². The molecule has 0 aliphatic heterocycles. The van der Waals surface area contributed by atoms with Crippen molar-refractivity contribution in [1.82, 2.24) is 0 Å². The van der Waals surface area contributed by atoms with Crippen molar-refractivity contribution in [3.05, 3.63) is 24.3 Å². The Bertz CT molecular complexity index is 474. The van der Waals surface area contributed by atoms with E-state index in [4.69, 9.17) is 34.2 Å². The van der Waals surface area contributed by atoms with E-state index in [-0.39, 0.29) is 0 Å². The molecule has 0 bridgehead atoms. The number of para-hydroxylation sites is 2. The van der Waals surface area contributed by atoms with E-state index in [0.29, 0.717) is 83.4 Å². The molecule has 1 unspecified atom stereocenters. The molecule has 0 fully saturated rings. The van der Waals surface area contributed by atoms with E-state index < -0.39 is 0 Å². The van der Waals surface area contributed by atoms with Crippen LogP contribution in [-0.2, 0) is 23.7 Å². The number of anilines is 1. The van der Waals surface area contributed by atoms with Crippen LogP contribution in [0.15, 0.2) is 24.3 Å². The molecule has 0 aliphatic carbocycles. The summed E-state index contributed by atoms with van der Waals surface area (Å²) in [5.74, 6) is 1.29. The van der Waals surface area contributed by atoms with Gasteiger partial charge in [-0.05, 0) is 18.1 Å². The van der Waals surface area contributed by atoms with Gasteiger partial charge in [0, 0.05) is 6.61 Å². The molecule has 1 rings (SSSR count). The molecule has 1 aromatic rings. The van der Waals surface area contributed by atoms with E-state index in [9.17, 15) is 0 Å². The fourth-order valence-electron chi connectivity index (χ4n) is 2.10. The number of hydrogen-bond donors (Lipinski definition) is 1. The van der Waals surface area contributed by atoms with Gasteiger partial charge in [0.15, 0.2) is 0 Å². The molecule has 0 aromatic heterocycles. The van der Waals surface area contributed by atoms with Crippen LogP contribution >= 0.6 is 0 Å². The molecule has 0 radical (unpaired) electrons. The highest BCUT2D eigenvalue weighted by atomic mass is 16.6. The molecule has 1 aromatic carbocycles. The Kier molecular flexibility index (Phi) is 15.6. The van der Waals surface area contributed by atoms with Gasteiger partial charge >= 0.3 is 0 Å². The van der Waals surface area contributed by atoms with Gasteiger partial charge in [0.1, 0.15) is 12.4 Å². The van der Waals surface area contributed by atoms with Crippen LogP contribution in [-0.4, -0.2) is 72.7 Å². The largest absolute Gasteiger partial charge is 0.489 e. The molecule has 28 heavy (non-hydrogen) atoms. The monoisotopic (exact) mass is 399 g/mol. The third-order valence-electron chi connectivity index (χ3n) is 3.99. The van der Waals surface area contributed by atoms with Gasteiger partial charge in [0.2, 0.25) is 0 Å². The van der Waals surface area contributed by atoms with E-state index in [2.05, 4.69) is 13.8 Å². The smallest absolute Gasteiger partial charge is 0.142 e. The van der Waals surface area contributed by atoms with Gasteiger partial charge in [-0.25, -0.2) is 0 Å². The summed E-state index contributed by atoms with van der Waals surface area (Å²) in [4.78, 5) is 0. The van der Waals surface area contributed by atoms with Crippen LogP contribution in [0.1, 0.15) is 20.3 Å². The van der Waals surface area contributed by atoms with Crippen LogP contribution in [0.25, 0.3) is 0 Å². The van der Waals surface area contributed by atoms with Crippen LogP contribution in [0.3, 0.4) is 0 Å². The van der Waals surface area contributed by atoms with Crippen molar-refractivity contribution < 1.29 is 28.4 Å². The van der Waals surface area contributed by atoms with Crippen molar-refractivity contribution in [3.8, 4) is 5.75 Å². The fraction of sp³-hybridized carbons (Fsp3) is 0.714. The minimum atomic E-state index is 0.458. The Hall–Kier alpha value is -1.38. The second-order valence-electron chi connectivity index (χ2n) is 6.42. The summed E-state index contributed by atoms with van der Waals surface area (Å²) < 4.78 is 32.8. The van der Waals surface area contributed by atoms with E-state index in [1.807, 2.05) is 24.3 Å². The summed E-state index contributed by atoms with van der Waals surface area (Å²) in [6, 6.07) is 7.41. The van der Waals surface area contributed by atoms with Crippen LogP contribution in [0.2, 0.25) is 0 Å². The highest BCUT2D eigenvalue weighted by Gasteiger charge is 1.99. The first-order chi connectivity index (χ1) is 13.7. The fourth-order valence-corrected chi connectivity index (χ4v) is 2.10. The molecule has 0 amide bonds. The first-order valence-electron chi connectivity index (χ1n) is 10.1. The molecule has 0 aliphatic rings. The Morgan fingerprint density at radius 3 is 1.68 bits per heavy atom. The maximum atomic E-state index is 5.79. The zero-order valence-corrected chi connectivity index (χ0v) is 17.4. The second kappa shape index (κ2) is 17.7. The van der Waals surface area contributed by atoms with Gasteiger partial charge in [0.05, 0.1) is 65.1 Å². The molecule has 0 saturated carbocycles. The predicted octanol–water partition coefficient (Wildman–Crippen LogP) is 2.78. The maximum absolute atomic E-state index is 5.79. The summed E-state index contributed by atoms with van der Waals surface area (Å²) in [5, 5.41) is 0. The molecule has 162 valence electrons. The van der Waals surface area contributed by atoms with Crippen LogP contribution < -0.4 is 10.5 Å². The zero-order chi connectivity index (χ0) is 20.3. The lowest BCUT2D eigenvalue weighted by molar-refractivity contribution is -0.0146. The predicted molar refractivity (Wildman–Crippen MR) is 110 cm³/mol. The molecule has 0 spiro atoms.